The Balaban J connectivity index is 1.84. The molecule has 1 saturated heterocycles. The molecule has 22 heavy (non-hydrogen) atoms. The van der Waals surface area contributed by atoms with Crippen LogP contribution in [0.1, 0.15) is 19.8 Å². The maximum absolute atomic E-state index is 11.9. The van der Waals surface area contributed by atoms with Crippen molar-refractivity contribution in [3.8, 4) is 0 Å². The minimum absolute atomic E-state index is 0.0633. The molecule has 1 fully saturated rings. The molecule has 0 N–H and O–H groups in total. The third kappa shape index (κ3) is 4.42. The molecule has 2 heterocycles. The number of hydrogen-bond donors (Lipinski definition) is 0. The van der Waals surface area contributed by atoms with Crippen molar-refractivity contribution in [3.63, 3.8) is 0 Å². The molecule has 0 radical (unpaired) electrons. The summed E-state index contributed by atoms with van der Waals surface area (Å²) in [5.41, 5.74) is -0.0633. The number of ether oxygens (including phenoxy) is 2. The Bertz CT molecular complexity index is 518. The minimum atomic E-state index is -0.497. The van der Waals surface area contributed by atoms with Crippen LogP contribution in [0.4, 0.5) is 10.5 Å². The van der Waals surface area contributed by atoms with Gasteiger partial charge in [-0.15, -0.1) is 0 Å². The van der Waals surface area contributed by atoms with Gasteiger partial charge in [0.05, 0.1) is 37.3 Å². The molecule has 0 aliphatic carbocycles. The summed E-state index contributed by atoms with van der Waals surface area (Å²) in [4.78, 5) is 23.6. The maximum Gasteiger partial charge on any atom is 0.409 e. The minimum Gasteiger partial charge on any atom is -0.449 e. The number of nitrogens with zero attached hydrogens (tertiary/aromatic N) is 4. The molecule has 9 heteroatoms. The topological polar surface area (TPSA) is 99.7 Å². The largest absolute Gasteiger partial charge is 0.449 e. The zero-order chi connectivity index (χ0) is 15.9. The molecule has 1 amide bonds. The van der Waals surface area contributed by atoms with Crippen LogP contribution >= 0.6 is 0 Å². The fraction of sp³-hybridized carbons (Fsp3) is 0.692. The molecule has 1 unspecified atom stereocenters. The van der Waals surface area contributed by atoms with E-state index < -0.39 is 4.92 Å². The first-order valence-corrected chi connectivity index (χ1v) is 7.30. The zero-order valence-corrected chi connectivity index (χ0v) is 12.5. The highest BCUT2D eigenvalue weighted by atomic mass is 16.6. The fourth-order valence-electron chi connectivity index (χ4n) is 2.15. The summed E-state index contributed by atoms with van der Waals surface area (Å²) in [6.45, 7) is 4.09. The van der Waals surface area contributed by atoms with Gasteiger partial charge in [-0.25, -0.2) is 4.79 Å². The number of hydrogen-bond acceptors (Lipinski definition) is 6. The van der Waals surface area contributed by atoms with E-state index in [9.17, 15) is 14.9 Å². The summed E-state index contributed by atoms with van der Waals surface area (Å²) >= 11 is 0. The van der Waals surface area contributed by atoms with E-state index in [1.54, 1.807) is 4.90 Å². The van der Waals surface area contributed by atoms with Crippen LogP contribution in [0.5, 0.6) is 0 Å². The van der Waals surface area contributed by atoms with Crippen LogP contribution in [0, 0.1) is 10.1 Å². The van der Waals surface area contributed by atoms with Crippen LogP contribution in [0.3, 0.4) is 0 Å². The fourth-order valence-corrected chi connectivity index (χ4v) is 2.15. The lowest BCUT2D eigenvalue weighted by molar-refractivity contribution is -0.385. The van der Waals surface area contributed by atoms with Crippen LogP contribution in [0.2, 0.25) is 0 Å². The summed E-state index contributed by atoms with van der Waals surface area (Å²) in [6.07, 6.45) is 3.76. The zero-order valence-electron chi connectivity index (χ0n) is 12.5. The van der Waals surface area contributed by atoms with Gasteiger partial charge in [0.25, 0.3) is 0 Å². The van der Waals surface area contributed by atoms with Crippen LogP contribution in [0.25, 0.3) is 0 Å². The number of morpholine rings is 1. The van der Waals surface area contributed by atoms with Crippen molar-refractivity contribution >= 4 is 11.8 Å². The summed E-state index contributed by atoms with van der Waals surface area (Å²) in [6, 6.07) is 0. The van der Waals surface area contributed by atoms with E-state index in [1.165, 1.54) is 17.1 Å². The quantitative estimate of drug-likeness (QED) is 0.447. The van der Waals surface area contributed by atoms with Crippen LogP contribution in [-0.2, 0) is 16.0 Å². The molecule has 0 bridgehead atoms. The SMILES string of the molecule is CCCCOC(=O)N1CCOC(Cn2cc([N+](=O)[O-])cn2)C1. The lowest BCUT2D eigenvalue weighted by atomic mass is 10.3. The maximum atomic E-state index is 11.9. The van der Waals surface area contributed by atoms with Crippen LogP contribution in [-0.4, -0.2) is 58.1 Å². The van der Waals surface area contributed by atoms with Crippen molar-refractivity contribution < 1.29 is 19.2 Å². The van der Waals surface area contributed by atoms with Crippen LogP contribution < -0.4 is 0 Å². The molecule has 1 aromatic rings. The van der Waals surface area contributed by atoms with Gasteiger partial charge in [0.2, 0.25) is 0 Å². The number of rotatable bonds is 6. The monoisotopic (exact) mass is 312 g/mol. The smallest absolute Gasteiger partial charge is 0.409 e. The van der Waals surface area contributed by atoms with Gasteiger partial charge in [0, 0.05) is 6.54 Å². The number of nitro groups is 1. The summed E-state index contributed by atoms with van der Waals surface area (Å²) in [7, 11) is 0. The molecule has 2 rings (SSSR count). The number of aromatic nitrogens is 2. The molecule has 1 aliphatic heterocycles. The highest BCUT2D eigenvalue weighted by molar-refractivity contribution is 5.67. The number of unbranched alkanes of at least 4 members (excludes halogenated alkanes) is 1. The summed E-state index contributed by atoms with van der Waals surface area (Å²) in [5.74, 6) is 0. The normalized spacial score (nSPS) is 18.2. The predicted molar refractivity (Wildman–Crippen MR) is 76.5 cm³/mol. The molecule has 1 atom stereocenters. The third-order valence-corrected chi connectivity index (χ3v) is 3.34. The Morgan fingerprint density at radius 1 is 1.64 bits per heavy atom. The lowest BCUT2D eigenvalue weighted by Gasteiger charge is -2.32. The second-order valence-corrected chi connectivity index (χ2v) is 5.08. The Labute approximate surface area is 127 Å². The molecule has 0 aromatic carbocycles. The molecular formula is C13H20N4O5. The molecular weight excluding hydrogens is 292 g/mol. The molecule has 1 aliphatic rings. The Kier molecular flexibility index (Phi) is 5.70. The summed E-state index contributed by atoms with van der Waals surface area (Å²) < 4.78 is 12.2. The van der Waals surface area contributed by atoms with E-state index in [0.29, 0.717) is 32.8 Å². The van der Waals surface area contributed by atoms with E-state index in [0.717, 1.165) is 12.8 Å². The van der Waals surface area contributed by atoms with E-state index in [4.69, 9.17) is 9.47 Å². The first-order valence-electron chi connectivity index (χ1n) is 7.30. The Morgan fingerprint density at radius 3 is 3.14 bits per heavy atom. The van der Waals surface area contributed by atoms with Crippen LogP contribution in [0.15, 0.2) is 12.4 Å². The lowest BCUT2D eigenvalue weighted by Crippen LogP contribution is -2.47. The van der Waals surface area contributed by atoms with E-state index in [2.05, 4.69) is 5.10 Å². The Morgan fingerprint density at radius 2 is 2.45 bits per heavy atom. The summed E-state index contributed by atoms with van der Waals surface area (Å²) in [5, 5.41) is 14.5. The molecule has 122 valence electrons. The van der Waals surface area contributed by atoms with Gasteiger partial charge in [-0.05, 0) is 6.42 Å². The van der Waals surface area contributed by atoms with Gasteiger partial charge in [0.1, 0.15) is 12.4 Å². The van der Waals surface area contributed by atoms with Crippen molar-refractivity contribution in [1.29, 1.82) is 0 Å². The first-order chi connectivity index (χ1) is 10.6. The molecule has 0 spiro atoms. The van der Waals surface area contributed by atoms with Gasteiger partial charge < -0.3 is 14.4 Å². The number of carbonyl (C=O) groups excluding carboxylic acids is 1. The predicted octanol–water partition coefficient (Wildman–Crippen LogP) is 1.43. The average Bonchev–Trinajstić information content (AvgIpc) is 2.96. The standard InChI is InChI=1S/C13H20N4O5/c1-2-3-5-22-13(18)15-4-6-21-12(9-15)10-16-8-11(7-14-16)17(19)20/h7-8,12H,2-6,9-10H2,1H3. The molecule has 0 saturated carbocycles. The average molecular weight is 312 g/mol. The Hall–Kier alpha value is -2.16. The van der Waals surface area contributed by atoms with E-state index >= 15 is 0 Å². The van der Waals surface area contributed by atoms with Gasteiger partial charge >= 0.3 is 11.8 Å². The molecule has 1 aromatic heterocycles. The second kappa shape index (κ2) is 7.74. The van der Waals surface area contributed by atoms with Crippen molar-refractivity contribution in [1.82, 2.24) is 14.7 Å². The van der Waals surface area contributed by atoms with E-state index in [-0.39, 0.29) is 17.9 Å². The highest BCUT2D eigenvalue weighted by Gasteiger charge is 2.26. The van der Waals surface area contributed by atoms with E-state index in [1.807, 2.05) is 6.92 Å². The van der Waals surface area contributed by atoms with Crippen molar-refractivity contribution in [2.24, 2.45) is 0 Å². The number of amides is 1. The second-order valence-electron chi connectivity index (χ2n) is 5.08. The van der Waals surface area contributed by atoms with Gasteiger partial charge in [-0.3, -0.25) is 14.8 Å². The highest BCUT2D eigenvalue weighted by Crippen LogP contribution is 2.12. The van der Waals surface area contributed by atoms with Gasteiger partial charge in [-0.2, -0.15) is 5.10 Å². The van der Waals surface area contributed by atoms with Crippen molar-refractivity contribution in [3.05, 3.63) is 22.5 Å². The van der Waals surface area contributed by atoms with Gasteiger partial charge in [-0.1, -0.05) is 13.3 Å². The third-order valence-electron chi connectivity index (χ3n) is 3.34. The number of carbonyl (C=O) groups is 1. The first kappa shape index (κ1) is 16.2. The van der Waals surface area contributed by atoms with Crippen molar-refractivity contribution in [2.75, 3.05) is 26.3 Å². The van der Waals surface area contributed by atoms with Gasteiger partial charge in [0.15, 0.2) is 0 Å². The van der Waals surface area contributed by atoms with Crippen molar-refractivity contribution in [2.45, 2.75) is 32.4 Å². The molecule has 9 nitrogen and oxygen atoms in total.